The fourth-order valence-corrected chi connectivity index (χ4v) is 2.15. The Hall–Kier alpha value is -1.82. The zero-order valence-corrected chi connectivity index (χ0v) is 14.6. The highest BCUT2D eigenvalue weighted by Crippen LogP contribution is 2.31. The first-order valence-corrected chi connectivity index (χ1v) is 7.29. The summed E-state index contributed by atoms with van der Waals surface area (Å²) in [7, 11) is 5.43. The second-order valence-electron chi connectivity index (χ2n) is 3.79. The van der Waals surface area contributed by atoms with Crippen molar-refractivity contribution >= 4 is 39.8 Å². The lowest BCUT2D eigenvalue weighted by atomic mass is 10.1. The summed E-state index contributed by atoms with van der Waals surface area (Å²) in [5, 5.41) is 9.13. The van der Waals surface area contributed by atoms with Crippen LogP contribution in [0.2, 0.25) is 0 Å². The Morgan fingerprint density at radius 3 is 2.48 bits per heavy atom. The number of nitrogens with zero attached hydrogens (tertiary/aromatic N) is 2. The van der Waals surface area contributed by atoms with E-state index in [9.17, 15) is 0 Å². The fraction of sp³-hybridized carbons (Fsp3) is 0.333. The van der Waals surface area contributed by atoms with E-state index in [0.29, 0.717) is 0 Å². The summed E-state index contributed by atoms with van der Waals surface area (Å²) in [6.07, 6.45) is 2.49. The molecule has 0 aliphatic carbocycles. The Labute approximate surface area is 134 Å². The van der Waals surface area contributed by atoms with E-state index in [-0.39, 0.29) is 0 Å². The lowest BCUT2D eigenvalue weighted by Crippen LogP contribution is -2.10. The average molecular weight is 356 g/mol. The van der Waals surface area contributed by atoms with Gasteiger partial charge in [0.25, 0.3) is 0 Å². The van der Waals surface area contributed by atoms with E-state index in [2.05, 4.69) is 26.3 Å². The molecule has 116 valence electrons. The normalized spacial score (nSPS) is 10.7. The molecule has 1 aromatic rings. The maximum absolute atomic E-state index is 8.81. The number of carbonyl (C=O) groups is 1. The minimum absolute atomic E-state index is 0.750. The van der Waals surface area contributed by atoms with E-state index in [0.717, 1.165) is 29.0 Å². The van der Waals surface area contributed by atoms with E-state index in [1.54, 1.807) is 18.3 Å². The lowest BCUT2D eigenvalue weighted by molar-refractivity contribution is -0.106. The quantitative estimate of drug-likeness (QED) is 0.498. The van der Waals surface area contributed by atoms with Gasteiger partial charge in [0, 0.05) is 36.5 Å². The molecule has 0 radical (unpaired) electrons. The number of hydrogen-bond acceptors (Lipinski definition) is 5. The van der Waals surface area contributed by atoms with Crippen molar-refractivity contribution in [2.75, 3.05) is 26.5 Å². The van der Waals surface area contributed by atoms with E-state index < -0.39 is 0 Å². The first kappa shape index (κ1) is 19.2. The van der Waals surface area contributed by atoms with Crippen LogP contribution in [0.4, 0.5) is 5.69 Å². The maximum Gasteiger partial charge on any atom is 0.128 e. The minimum Gasteiger partial charge on any atom is -0.496 e. The zero-order chi connectivity index (χ0) is 16.3. The van der Waals surface area contributed by atoms with Gasteiger partial charge in [-0.25, -0.2) is 0 Å². The molecule has 0 aliphatic rings. The topological polar surface area (TPSA) is 53.9 Å². The van der Waals surface area contributed by atoms with Crippen molar-refractivity contribution in [3.05, 3.63) is 28.7 Å². The van der Waals surface area contributed by atoms with E-state index in [4.69, 9.17) is 9.53 Å². The summed E-state index contributed by atoms with van der Waals surface area (Å²) in [4.78, 5) is 10.6. The van der Waals surface area contributed by atoms with Crippen LogP contribution in [0.15, 0.2) is 28.3 Å². The molecule has 0 spiro atoms. The van der Waals surface area contributed by atoms with Crippen molar-refractivity contribution in [3.63, 3.8) is 0 Å². The van der Waals surface area contributed by atoms with Gasteiger partial charge in [0.15, 0.2) is 0 Å². The first-order chi connectivity index (χ1) is 10.1. The maximum atomic E-state index is 8.81. The molecule has 0 saturated carbocycles. The van der Waals surface area contributed by atoms with Gasteiger partial charge in [0.05, 0.1) is 12.8 Å². The standard InChI is InChI=1S/C13H18BrN3O.C2H4O/c1-5-16-17(3)12(9-14)11-8-10(15-2)6-7-13(11)18-4;1-2-3/h5-9,15H,1-4H3;2H,1H3/b12-9+,16-5-;. The molecule has 1 rings (SSSR count). The molecule has 0 unspecified atom stereocenters. The fourth-order valence-electron chi connectivity index (χ4n) is 1.60. The summed E-state index contributed by atoms with van der Waals surface area (Å²) >= 11 is 3.38. The number of halogens is 1. The third kappa shape index (κ3) is 5.99. The smallest absolute Gasteiger partial charge is 0.128 e. The highest BCUT2D eigenvalue weighted by Gasteiger charge is 2.12. The Balaban J connectivity index is 0.00000122. The van der Waals surface area contributed by atoms with Crippen LogP contribution in [0.5, 0.6) is 5.75 Å². The van der Waals surface area contributed by atoms with E-state index >= 15 is 0 Å². The van der Waals surface area contributed by atoms with Crippen LogP contribution in [0.3, 0.4) is 0 Å². The second kappa shape index (κ2) is 10.9. The number of benzene rings is 1. The second-order valence-corrected chi connectivity index (χ2v) is 4.25. The molecule has 1 aromatic carbocycles. The summed E-state index contributed by atoms with van der Waals surface area (Å²) in [6.45, 7) is 3.32. The lowest BCUT2D eigenvalue weighted by Gasteiger charge is -2.19. The molecule has 0 bridgehead atoms. The number of aldehydes is 1. The Morgan fingerprint density at radius 2 is 2.05 bits per heavy atom. The molecule has 1 N–H and O–H groups in total. The molecule has 6 heteroatoms. The van der Waals surface area contributed by atoms with Crippen molar-refractivity contribution in [2.45, 2.75) is 13.8 Å². The first-order valence-electron chi connectivity index (χ1n) is 6.38. The Bertz CT molecular complexity index is 502. The zero-order valence-electron chi connectivity index (χ0n) is 13.1. The molecule has 0 heterocycles. The Kier molecular flexibility index (Phi) is 9.96. The van der Waals surface area contributed by atoms with Crippen molar-refractivity contribution in [2.24, 2.45) is 5.10 Å². The van der Waals surface area contributed by atoms with Gasteiger partial charge in [-0.15, -0.1) is 0 Å². The number of hydrogen-bond donors (Lipinski definition) is 1. The van der Waals surface area contributed by atoms with Gasteiger partial charge in [0.1, 0.15) is 12.0 Å². The van der Waals surface area contributed by atoms with Crippen molar-refractivity contribution in [1.82, 2.24) is 5.01 Å². The van der Waals surface area contributed by atoms with Gasteiger partial charge in [-0.1, -0.05) is 15.9 Å². The van der Waals surface area contributed by atoms with Crippen molar-refractivity contribution in [1.29, 1.82) is 0 Å². The number of carbonyl (C=O) groups excluding carboxylic acids is 1. The van der Waals surface area contributed by atoms with Crippen LogP contribution in [0.25, 0.3) is 5.70 Å². The average Bonchev–Trinajstić information content (AvgIpc) is 2.49. The van der Waals surface area contributed by atoms with Crippen molar-refractivity contribution < 1.29 is 9.53 Å². The molecule has 0 amide bonds. The summed E-state index contributed by atoms with van der Waals surface area (Å²) in [6, 6.07) is 5.92. The Morgan fingerprint density at radius 1 is 1.43 bits per heavy atom. The van der Waals surface area contributed by atoms with Gasteiger partial charge < -0.3 is 14.8 Å². The summed E-state index contributed by atoms with van der Waals surface area (Å²) < 4.78 is 5.39. The largest absolute Gasteiger partial charge is 0.496 e. The predicted octanol–water partition coefficient (Wildman–Crippen LogP) is 3.57. The third-order valence-electron chi connectivity index (χ3n) is 2.50. The number of anilines is 1. The van der Waals surface area contributed by atoms with Gasteiger partial charge in [0.2, 0.25) is 0 Å². The third-order valence-corrected chi connectivity index (χ3v) is 2.94. The van der Waals surface area contributed by atoms with Crippen LogP contribution in [0, 0.1) is 0 Å². The van der Waals surface area contributed by atoms with Crippen LogP contribution >= 0.6 is 15.9 Å². The molecule has 0 fully saturated rings. The molecule has 21 heavy (non-hydrogen) atoms. The predicted molar refractivity (Wildman–Crippen MR) is 93.1 cm³/mol. The van der Waals surface area contributed by atoms with Gasteiger partial charge in [-0.05, 0) is 32.0 Å². The summed E-state index contributed by atoms with van der Waals surface area (Å²) in [5.41, 5.74) is 2.91. The highest BCUT2D eigenvalue weighted by molar-refractivity contribution is 9.11. The highest BCUT2D eigenvalue weighted by atomic mass is 79.9. The van der Waals surface area contributed by atoms with Crippen LogP contribution in [-0.2, 0) is 4.79 Å². The van der Waals surface area contributed by atoms with Crippen molar-refractivity contribution in [3.8, 4) is 5.75 Å². The van der Waals surface area contributed by atoms with Crippen LogP contribution in [0.1, 0.15) is 19.4 Å². The van der Waals surface area contributed by atoms with Gasteiger partial charge in [-0.3, -0.25) is 5.01 Å². The number of ether oxygens (including phenoxy) is 1. The molecular formula is C15H22BrN3O2. The molecule has 5 nitrogen and oxygen atoms in total. The molecule has 0 atom stereocenters. The minimum atomic E-state index is 0.750. The van der Waals surface area contributed by atoms with E-state index in [1.165, 1.54) is 6.92 Å². The van der Waals surface area contributed by atoms with Gasteiger partial charge in [-0.2, -0.15) is 5.10 Å². The number of nitrogens with one attached hydrogen (secondary N) is 1. The monoisotopic (exact) mass is 355 g/mol. The number of hydrazone groups is 1. The molecule has 0 aliphatic heterocycles. The van der Waals surface area contributed by atoms with E-state index in [1.807, 2.05) is 44.2 Å². The number of methoxy groups -OCH3 is 1. The van der Waals surface area contributed by atoms with Gasteiger partial charge >= 0.3 is 0 Å². The summed E-state index contributed by atoms with van der Waals surface area (Å²) in [5.74, 6) is 0.804. The SMILES string of the molecule is C/C=N\N(C)/C(=C/Br)c1cc(NC)ccc1OC.CC=O. The van der Waals surface area contributed by atoms with Crippen LogP contribution in [-0.4, -0.2) is 38.7 Å². The molecule has 0 saturated heterocycles. The molecular weight excluding hydrogens is 334 g/mol. The molecule has 0 aromatic heterocycles. The number of rotatable bonds is 5. The van der Waals surface area contributed by atoms with Crippen LogP contribution < -0.4 is 10.1 Å².